The van der Waals surface area contributed by atoms with Crippen LogP contribution in [-0.2, 0) is 42.2 Å². The van der Waals surface area contributed by atoms with E-state index in [0.29, 0.717) is 25.7 Å². The zero-order valence-corrected chi connectivity index (χ0v) is 36.4. The van der Waals surface area contributed by atoms with Gasteiger partial charge in [-0.2, -0.15) is 0 Å². The normalized spacial score (nSPS) is 14.2. The molecule has 6 N–H and O–H groups in total. The third-order valence-electron chi connectivity index (χ3n) is 9.78. The van der Waals surface area contributed by atoms with E-state index in [9.17, 15) is 28.9 Å². The minimum atomic E-state index is -4.98. The van der Waals surface area contributed by atoms with Gasteiger partial charge in [-0.15, -0.1) is 0 Å². The number of carbonyl (C=O) groups excluding carboxylic acids is 3. The van der Waals surface area contributed by atoms with E-state index in [4.69, 9.17) is 29.0 Å². The summed E-state index contributed by atoms with van der Waals surface area (Å²) < 4.78 is 38.0. The largest absolute Gasteiger partial charge is 0.756 e. The van der Waals surface area contributed by atoms with Crippen molar-refractivity contribution in [1.29, 1.82) is 0 Å². The van der Waals surface area contributed by atoms with Crippen LogP contribution in [0.3, 0.4) is 0 Å². The Balaban J connectivity index is 4.67. The maximum absolute atomic E-state index is 12.7. The van der Waals surface area contributed by atoms with Crippen molar-refractivity contribution in [2.24, 2.45) is 5.73 Å². The molecule has 0 amide bonds. The molecular weight excluding hydrogens is 739 g/mol. The molecule has 14 heteroatoms. The van der Waals surface area contributed by atoms with E-state index in [-0.39, 0.29) is 19.4 Å². The summed E-state index contributed by atoms with van der Waals surface area (Å²) in [7, 11) is -4.98. The minimum absolute atomic E-state index is 0.149. The molecule has 0 radical (unpaired) electrons. The molecule has 0 aliphatic carbocycles. The Labute approximate surface area is 340 Å². The number of aliphatic hydroxyl groups is 1. The fraction of sp³-hybridized carbons (Fsp3) is 0.929. The lowest BCUT2D eigenvalue weighted by Gasteiger charge is -2.26. The van der Waals surface area contributed by atoms with E-state index in [1.165, 1.54) is 103 Å². The molecule has 4 unspecified atom stereocenters. The van der Waals surface area contributed by atoms with Gasteiger partial charge < -0.3 is 44.7 Å². The molecule has 0 aliphatic rings. The molecule has 332 valence electrons. The van der Waals surface area contributed by atoms with Crippen molar-refractivity contribution in [3.63, 3.8) is 0 Å². The molecule has 0 saturated carbocycles. The second-order valence-electron chi connectivity index (χ2n) is 15.4. The van der Waals surface area contributed by atoms with Crippen LogP contribution in [0.2, 0.25) is 0 Å². The third kappa shape index (κ3) is 36.7. The number of aliphatic hydroxyl groups excluding tert-OH is 1. The Morgan fingerprint density at radius 3 is 1.48 bits per heavy atom. The fourth-order valence-electron chi connectivity index (χ4n) is 6.22. The number of unbranched alkanes of at least 4 members (excludes halogenated alkanes) is 23. The van der Waals surface area contributed by atoms with Gasteiger partial charge in [-0.25, -0.2) is 0 Å². The zero-order valence-electron chi connectivity index (χ0n) is 35.5. The number of phosphoric acid groups is 1. The third-order valence-corrected chi connectivity index (χ3v) is 10.7. The number of hydrogen-bond donors (Lipinski definition) is 3. The van der Waals surface area contributed by atoms with Crippen molar-refractivity contribution in [2.45, 2.75) is 218 Å². The summed E-state index contributed by atoms with van der Waals surface area (Å²) >= 11 is 0. The number of nitrogens with two attached hydrogens (primary N) is 1. The minimum Gasteiger partial charge on any atom is -0.756 e. The molecule has 0 rings (SSSR count). The maximum Gasteiger partial charge on any atom is 0.322 e. The summed E-state index contributed by atoms with van der Waals surface area (Å²) in [6.45, 7) is 2.92. The maximum atomic E-state index is 12.7. The van der Waals surface area contributed by atoms with Gasteiger partial charge in [0.15, 0.2) is 6.10 Å². The number of phosphoric ester groups is 1. The summed E-state index contributed by atoms with van der Waals surface area (Å²) in [4.78, 5) is 49.7. The van der Waals surface area contributed by atoms with Gasteiger partial charge in [0.25, 0.3) is 7.82 Å². The van der Waals surface area contributed by atoms with E-state index in [1.54, 1.807) is 0 Å². The van der Waals surface area contributed by atoms with Crippen LogP contribution in [0, 0.1) is 0 Å². The number of rotatable bonds is 42. The number of esters is 3. The molecule has 0 saturated heterocycles. The lowest BCUT2D eigenvalue weighted by atomic mass is 10.0. The zero-order chi connectivity index (χ0) is 41.5. The molecular formula is C42H83N2O11P. The molecule has 0 aromatic rings. The average molecular weight is 823 g/mol. The van der Waals surface area contributed by atoms with Crippen LogP contribution in [-0.4, -0.2) is 74.2 Å². The van der Waals surface area contributed by atoms with Gasteiger partial charge in [0.05, 0.1) is 19.8 Å². The highest BCUT2D eigenvalue weighted by Crippen LogP contribution is 2.38. The summed E-state index contributed by atoms with van der Waals surface area (Å²) in [6, 6.07) is -0.860. The van der Waals surface area contributed by atoms with Gasteiger partial charge in [-0.3, -0.25) is 18.9 Å². The van der Waals surface area contributed by atoms with Crippen LogP contribution in [0.25, 0.3) is 0 Å². The van der Waals surface area contributed by atoms with Gasteiger partial charge >= 0.3 is 17.9 Å². The molecule has 0 bridgehead atoms. The summed E-state index contributed by atoms with van der Waals surface area (Å²) in [5.74, 6) is -1.71. The quantitative estimate of drug-likeness (QED) is 0.0233. The lowest BCUT2D eigenvalue weighted by molar-refractivity contribution is -0.368. The highest BCUT2D eigenvalue weighted by molar-refractivity contribution is 7.45. The molecule has 0 aromatic heterocycles. The first-order chi connectivity index (χ1) is 27.0. The topological polar surface area (TPSA) is 211 Å². The van der Waals surface area contributed by atoms with Crippen molar-refractivity contribution < 1.29 is 57.9 Å². The Morgan fingerprint density at radius 1 is 0.589 bits per heavy atom. The van der Waals surface area contributed by atoms with Crippen molar-refractivity contribution >= 4 is 25.7 Å². The Morgan fingerprint density at radius 2 is 1.02 bits per heavy atom. The summed E-state index contributed by atoms with van der Waals surface area (Å²) in [6.07, 6.45) is 27.6. The van der Waals surface area contributed by atoms with E-state index >= 15 is 0 Å². The molecule has 56 heavy (non-hydrogen) atoms. The average Bonchev–Trinajstić information content (AvgIpc) is 3.18. The number of ether oxygens (including phenoxy) is 3. The van der Waals surface area contributed by atoms with Gasteiger partial charge in [0.2, 0.25) is 0 Å². The second-order valence-corrected chi connectivity index (χ2v) is 16.8. The predicted octanol–water partition coefficient (Wildman–Crippen LogP) is 7.77. The second kappa shape index (κ2) is 38.9. The molecule has 13 nitrogen and oxygen atoms in total. The number of quaternary nitrogens is 1. The van der Waals surface area contributed by atoms with Crippen molar-refractivity contribution in [2.75, 3.05) is 33.0 Å². The Hall–Kier alpha value is -1.60. The molecule has 0 aliphatic heterocycles. The van der Waals surface area contributed by atoms with E-state index in [0.717, 1.165) is 51.5 Å². The van der Waals surface area contributed by atoms with Crippen molar-refractivity contribution in [1.82, 2.24) is 0 Å². The SMILES string of the molecule is CCCCCCCCCCCCCCC(=O)OCC(COP(=O)([O-])OCC(O)COC(=O)C(N)CCCC[NH3+])OC(=O)CCCCCCCCCCCCCC. The highest BCUT2D eigenvalue weighted by atomic mass is 31.2. The summed E-state index contributed by atoms with van der Waals surface area (Å²) in [5, 5.41) is 10.1. The van der Waals surface area contributed by atoms with Crippen LogP contribution in [0.5, 0.6) is 0 Å². The monoisotopic (exact) mass is 823 g/mol. The van der Waals surface area contributed by atoms with Gasteiger partial charge in [-0.1, -0.05) is 155 Å². The first-order valence-corrected chi connectivity index (χ1v) is 23.8. The Bertz CT molecular complexity index is 990. The number of carbonyl (C=O) groups is 3. The number of hydrogen-bond acceptors (Lipinski definition) is 12. The van der Waals surface area contributed by atoms with Crippen LogP contribution < -0.4 is 16.4 Å². The first kappa shape index (κ1) is 54.4. The predicted molar refractivity (Wildman–Crippen MR) is 218 cm³/mol. The van der Waals surface area contributed by atoms with Crippen LogP contribution in [0.1, 0.15) is 200 Å². The summed E-state index contributed by atoms with van der Waals surface area (Å²) in [5.41, 5.74) is 9.52. The van der Waals surface area contributed by atoms with E-state index in [1.807, 2.05) is 0 Å². The molecule has 0 heterocycles. The van der Waals surface area contributed by atoms with Crippen molar-refractivity contribution in [3.8, 4) is 0 Å². The van der Waals surface area contributed by atoms with Gasteiger partial charge in [0.1, 0.15) is 25.4 Å². The fourth-order valence-corrected chi connectivity index (χ4v) is 7.00. The van der Waals surface area contributed by atoms with Crippen molar-refractivity contribution in [3.05, 3.63) is 0 Å². The lowest BCUT2D eigenvalue weighted by Crippen LogP contribution is -2.50. The smallest absolute Gasteiger partial charge is 0.322 e. The van der Waals surface area contributed by atoms with Crippen LogP contribution in [0.15, 0.2) is 0 Å². The van der Waals surface area contributed by atoms with Crippen LogP contribution >= 0.6 is 7.82 Å². The molecule has 0 spiro atoms. The molecule has 4 atom stereocenters. The standard InChI is InChI=1S/C42H83N2O11P/c1-3-5-7-9-11-13-15-17-19-21-23-25-30-40(46)51-35-38(55-41(47)31-26-24-22-20-18-16-14-12-10-8-6-4-2)36-54-56(49,50)53-34-37(45)33-52-42(48)39(44)29-27-28-32-43/h37-39,45H,3-36,43-44H2,1-2H3,(H,49,50). The highest BCUT2D eigenvalue weighted by Gasteiger charge is 2.23. The Kier molecular flexibility index (Phi) is 37.8. The van der Waals surface area contributed by atoms with E-state index in [2.05, 4.69) is 19.6 Å². The first-order valence-electron chi connectivity index (χ1n) is 22.4. The molecule has 0 aromatic carbocycles. The van der Waals surface area contributed by atoms with Crippen LogP contribution in [0.4, 0.5) is 0 Å². The van der Waals surface area contributed by atoms with Gasteiger partial charge in [0, 0.05) is 12.8 Å². The van der Waals surface area contributed by atoms with Gasteiger partial charge in [-0.05, 0) is 32.1 Å². The van der Waals surface area contributed by atoms with E-state index < -0.39 is 63.8 Å². The molecule has 0 fully saturated rings.